The number of rotatable bonds is 3. The molecule has 2 bridgehead atoms. The molecule has 4 saturated carbocycles. The molecule has 0 spiro atoms. The van der Waals surface area contributed by atoms with Crippen LogP contribution in [0, 0.1) is 35.5 Å². The van der Waals surface area contributed by atoms with Gasteiger partial charge in [-0.05, 0) is 68.6 Å². The molecule has 4 nitrogen and oxygen atoms in total. The minimum absolute atomic E-state index is 0.0756. The van der Waals surface area contributed by atoms with Crippen LogP contribution in [0.3, 0.4) is 0 Å². The quantitative estimate of drug-likeness (QED) is 0.842. The molecule has 0 aromatic carbocycles. The van der Waals surface area contributed by atoms with E-state index in [-0.39, 0.29) is 17.7 Å². The molecular formula is C18H27NO3. The van der Waals surface area contributed by atoms with Gasteiger partial charge in [0.15, 0.2) is 0 Å². The van der Waals surface area contributed by atoms with Gasteiger partial charge in [0.1, 0.15) is 0 Å². The van der Waals surface area contributed by atoms with Crippen molar-refractivity contribution in [2.24, 2.45) is 35.5 Å². The van der Waals surface area contributed by atoms with Gasteiger partial charge in [-0.1, -0.05) is 12.8 Å². The van der Waals surface area contributed by atoms with Crippen LogP contribution in [-0.2, 0) is 9.59 Å². The number of carbonyl (C=O) groups excluding carboxylic acids is 1. The third-order valence-corrected chi connectivity index (χ3v) is 7.15. The number of amides is 1. The van der Waals surface area contributed by atoms with Gasteiger partial charge >= 0.3 is 5.97 Å². The summed E-state index contributed by atoms with van der Waals surface area (Å²) in [6, 6.07) is 0.377. The van der Waals surface area contributed by atoms with Crippen LogP contribution in [0.2, 0.25) is 0 Å². The van der Waals surface area contributed by atoms with Crippen LogP contribution >= 0.6 is 0 Å². The fourth-order valence-corrected chi connectivity index (χ4v) is 6.19. The lowest BCUT2D eigenvalue weighted by Gasteiger charge is -2.34. The van der Waals surface area contributed by atoms with E-state index in [4.69, 9.17) is 0 Å². The summed E-state index contributed by atoms with van der Waals surface area (Å²) in [5, 5.41) is 12.5. The van der Waals surface area contributed by atoms with Gasteiger partial charge in [-0.15, -0.1) is 0 Å². The van der Waals surface area contributed by atoms with Crippen LogP contribution in [0.4, 0.5) is 0 Å². The Balaban J connectivity index is 1.36. The van der Waals surface area contributed by atoms with E-state index in [0.29, 0.717) is 18.4 Å². The molecule has 1 amide bonds. The fraction of sp³-hybridized carbons (Fsp3) is 0.889. The average molecular weight is 305 g/mol. The molecule has 4 fully saturated rings. The molecule has 7 atom stereocenters. The first-order valence-corrected chi connectivity index (χ1v) is 9.16. The molecule has 122 valence electrons. The van der Waals surface area contributed by atoms with E-state index in [9.17, 15) is 14.7 Å². The maximum Gasteiger partial charge on any atom is 0.306 e. The third-order valence-electron chi connectivity index (χ3n) is 7.15. The Morgan fingerprint density at radius 3 is 2.36 bits per heavy atom. The monoisotopic (exact) mass is 305 g/mol. The number of aliphatic carboxylic acids is 1. The molecular weight excluding hydrogens is 278 g/mol. The molecule has 4 aliphatic rings. The van der Waals surface area contributed by atoms with Crippen molar-refractivity contribution in [3.63, 3.8) is 0 Å². The molecule has 4 heteroatoms. The van der Waals surface area contributed by atoms with E-state index in [1.807, 2.05) is 0 Å². The minimum atomic E-state index is -0.730. The Labute approximate surface area is 132 Å². The summed E-state index contributed by atoms with van der Waals surface area (Å²) in [5.74, 6) is 2.38. The van der Waals surface area contributed by atoms with E-state index < -0.39 is 5.97 Å². The molecule has 0 radical (unpaired) electrons. The lowest BCUT2D eigenvalue weighted by molar-refractivity contribution is -0.144. The van der Waals surface area contributed by atoms with Crippen molar-refractivity contribution in [1.82, 2.24) is 5.32 Å². The van der Waals surface area contributed by atoms with Gasteiger partial charge in [-0.3, -0.25) is 9.59 Å². The molecule has 0 heterocycles. The first-order valence-electron chi connectivity index (χ1n) is 9.16. The average Bonchev–Trinajstić information content (AvgIpc) is 3.19. The zero-order valence-electron chi connectivity index (χ0n) is 13.2. The van der Waals surface area contributed by atoms with E-state index in [1.165, 1.54) is 32.1 Å². The number of carboxylic acids is 1. The molecule has 4 aliphatic carbocycles. The molecule has 0 aliphatic heterocycles. The van der Waals surface area contributed by atoms with Crippen molar-refractivity contribution >= 4 is 11.9 Å². The largest absolute Gasteiger partial charge is 0.481 e. The van der Waals surface area contributed by atoms with Crippen molar-refractivity contribution in [3.05, 3.63) is 0 Å². The molecule has 0 aromatic rings. The maximum atomic E-state index is 12.6. The van der Waals surface area contributed by atoms with Crippen LogP contribution in [0.25, 0.3) is 0 Å². The number of hydrogen-bond donors (Lipinski definition) is 2. The Kier molecular flexibility index (Phi) is 3.66. The highest BCUT2D eigenvalue weighted by atomic mass is 16.4. The first-order chi connectivity index (χ1) is 10.6. The predicted molar refractivity (Wildman–Crippen MR) is 82.1 cm³/mol. The highest BCUT2D eigenvalue weighted by Gasteiger charge is 2.54. The molecule has 22 heavy (non-hydrogen) atoms. The summed E-state index contributed by atoms with van der Waals surface area (Å²) in [6.45, 7) is 0. The summed E-state index contributed by atoms with van der Waals surface area (Å²) < 4.78 is 0. The van der Waals surface area contributed by atoms with Gasteiger partial charge in [-0.25, -0.2) is 0 Å². The maximum absolute atomic E-state index is 12.6. The number of carboxylic acid groups (broad SMARTS) is 1. The van der Waals surface area contributed by atoms with Gasteiger partial charge in [0.2, 0.25) is 5.91 Å². The number of carbonyl (C=O) groups is 2. The third kappa shape index (κ3) is 2.35. The van der Waals surface area contributed by atoms with Crippen LogP contribution in [-0.4, -0.2) is 23.0 Å². The molecule has 0 saturated heterocycles. The van der Waals surface area contributed by atoms with Crippen molar-refractivity contribution in [3.8, 4) is 0 Å². The molecule has 2 N–H and O–H groups in total. The van der Waals surface area contributed by atoms with Crippen molar-refractivity contribution < 1.29 is 14.7 Å². The highest BCUT2D eigenvalue weighted by molar-refractivity contribution is 5.80. The lowest BCUT2D eigenvalue weighted by Crippen LogP contribution is -2.45. The first kappa shape index (κ1) is 14.5. The Hall–Kier alpha value is -1.06. The van der Waals surface area contributed by atoms with Gasteiger partial charge in [-0.2, -0.15) is 0 Å². The number of fused-ring (bicyclic) bond motifs is 5. The summed E-state index contributed by atoms with van der Waals surface area (Å²) in [7, 11) is 0. The summed E-state index contributed by atoms with van der Waals surface area (Å²) >= 11 is 0. The van der Waals surface area contributed by atoms with E-state index >= 15 is 0 Å². The van der Waals surface area contributed by atoms with Gasteiger partial charge < -0.3 is 10.4 Å². The lowest BCUT2D eigenvalue weighted by atomic mass is 9.78. The summed E-state index contributed by atoms with van der Waals surface area (Å²) in [4.78, 5) is 23.8. The van der Waals surface area contributed by atoms with E-state index in [1.54, 1.807) is 0 Å². The zero-order valence-corrected chi connectivity index (χ0v) is 13.2. The Bertz CT molecular complexity index is 477. The molecule has 7 unspecified atom stereocenters. The van der Waals surface area contributed by atoms with Crippen LogP contribution < -0.4 is 5.32 Å². The topological polar surface area (TPSA) is 66.4 Å². The highest BCUT2D eigenvalue weighted by Crippen LogP contribution is 2.58. The van der Waals surface area contributed by atoms with Crippen molar-refractivity contribution in [2.75, 3.05) is 0 Å². The second-order valence-electron chi connectivity index (χ2n) is 8.17. The van der Waals surface area contributed by atoms with Crippen LogP contribution in [0.1, 0.15) is 57.8 Å². The predicted octanol–water partition coefficient (Wildman–Crippen LogP) is 2.82. The fourth-order valence-electron chi connectivity index (χ4n) is 6.19. The zero-order chi connectivity index (χ0) is 15.3. The van der Waals surface area contributed by atoms with Crippen LogP contribution in [0.15, 0.2) is 0 Å². The summed E-state index contributed by atoms with van der Waals surface area (Å²) in [6.07, 6.45) is 9.66. The minimum Gasteiger partial charge on any atom is -0.481 e. The van der Waals surface area contributed by atoms with Crippen molar-refractivity contribution in [1.29, 1.82) is 0 Å². The standard InChI is InChI=1S/C18H27NO3/c20-17(10-3-1-4-11(7-10)18(21)22)19-16-9-12-8-15(16)14-6-2-5-13(12)14/h10-16H,1-9H2,(H,19,20)(H,21,22). The Morgan fingerprint density at radius 2 is 1.55 bits per heavy atom. The second kappa shape index (κ2) is 5.54. The number of nitrogens with one attached hydrogen (secondary N) is 1. The molecule has 0 aromatic heterocycles. The number of hydrogen-bond acceptors (Lipinski definition) is 2. The van der Waals surface area contributed by atoms with Crippen molar-refractivity contribution in [2.45, 2.75) is 63.8 Å². The van der Waals surface area contributed by atoms with Gasteiger partial charge in [0, 0.05) is 12.0 Å². The normalized spacial score (nSPS) is 46.5. The van der Waals surface area contributed by atoms with E-state index in [2.05, 4.69) is 5.32 Å². The SMILES string of the molecule is O=C(O)C1CCCC(C(=O)NC2CC3CC2C2CCCC32)C1. The Morgan fingerprint density at radius 1 is 0.818 bits per heavy atom. The van der Waals surface area contributed by atoms with Crippen LogP contribution in [0.5, 0.6) is 0 Å². The van der Waals surface area contributed by atoms with Gasteiger partial charge in [0.05, 0.1) is 5.92 Å². The van der Waals surface area contributed by atoms with Gasteiger partial charge in [0.25, 0.3) is 0 Å². The smallest absolute Gasteiger partial charge is 0.306 e. The summed E-state index contributed by atoms with van der Waals surface area (Å²) in [5.41, 5.74) is 0. The second-order valence-corrected chi connectivity index (χ2v) is 8.17. The van der Waals surface area contributed by atoms with E-state index in [0.717, 1.165) is 37.0 Å². The molecule has 4 rings (SSSR count).